The van der Waals surface area contributed by atoms with E-state index in [0.717, 1.165) is 22.5 Å². The van der Waals surface area contributed by atoms with Crippen molar-refractivity contribution >= 4 is 28.3 Å². The maximum absolute atomic E-state index is 13.8. The van der Waals surface area contributed by atoms with Crippen molar-refractivity contribution in [1.29, 1.82) is 0 Å². The van der Waals surface area contributed by atoms with E-state index in [1.165, 1.54) is 6.07 Å². The standard InChI is InChI=1S/C20H13FN2O2S/c21-17-8-4-3-7-16(17)19-22-23-20(25-19)26-12-18(24)15-10-9-13-5-1-2-6-14(13)11-15/h1-11H,12H2. The summed E-state index contributed by atoms with van der Waals surface area (Å²) >= 11 is 1.14. The molecule has 1 heterocycles. The number of halogens is 1. The number of rotatable bonds is 5. The van der Waals surface area contributed by atoms with Crippen LogP contribution in [-0.4, -0.2) is 21.7 Å². The summed E-state index contributed by atoms with van der Waals surface area (Å²) in [6, 6.07) is 19.7. The lowest BCUT2D eigenvalue weighted by Crippen LogP contribution is -2.02. The van der Waals surface area contributed by atoms with E-state index in [9.17, 15) is 9.18 Å². The Morgan fingerprint density at radius 2 is 1.73 bits per heavy atom. The van der Waals surface area contributed by atoms with Crippen LogP contribution in [0.15, 0.2) is 76.4 Å². The summed E-state index contributed by atoms with van der Waals surface area (Å²) in [5, 5.41) is 10.1. The van der Waals surface area contributed by atoms with E-state index in [2.05, 4.69) is 10.2 Å². The van der Waals surface area contributed by atoms with Crippen LogP contribution < -0.4 is 0 Å². The van der Waals surface area contributed by atoms with Crippen LogP contribution in [0.1, 0.15) is 10.4 Å². The molecule has 0 spiro atoms. The van der Waals surface area contributed by atoms with Crippen LogP contribution >= 0.6 is 11.8 Å². The lowest BCUT2D eigenvalue weighted by atomic mass is 10.1. The normalized spacial score (nSPS) is 11.0. The minimum atomic E-state index is -0.431. The zero-order valence-corrected chi connectivity index (χ0v) is 14.4. The maximum Gasteiger partial charge on any atom is 0.277 e. The zero-order valence-electron chi connectivity index (χ0n) is 13.6. The predicted molar refractivity (Wildman–Crippen MR) is 98.7 cm³/mol. The Bertz CT molecular complexity index is 1090. The van der Waals surface area contributed by atoms with Gasteiger partial charge in [0.2, 0.25) is 0 Å². The molecular weight excluding hydrogens is 351 g/mol. The fraction of sp³-hybridized carbons (Fsp3) is 0.0500. The van der Waals surface area contributed by atoms with Gasteiger partial charge in [-0.15, -0.1) is 10.2 Å². The smallest absolute Gasteiger partial charge is 0.277 e. The van der Waals surface area contributed by atoms with Gasteiger partial charge in [-0.2, -0.15) is 0 Å². The third-order valence-corrected chi connectivity index (χ3v) is 4.73. The third-order valence-electron chi connectivity index (χ3n) is 3.91. The van der Waals surface area contributed by atoms with Crippen molar-refractivity contribution in [3.63, 3.8) is 0 Å². The summed E-state index contributed by atoms with van der Waals surface area (Å²) in [5.74, 6) is -0.202. The van der Waals surface area contributed by atoms with Crippen LogP contribution in [0.3, 0.4) is 0 Å². The van der Waals surface area contributed by atoms with Crippen LogP contribution in [0.2, 0.25) is 0 Å². The first-order valence-corrected chi connectivity index (χ1v) is 8.92. The zero-order chi connectivity index (χ0) is 17.9. The summed E-state index contributed by atoms with van der Waals surface area (Å²) in [6.07, 6.45) is 0. The number of ketones is 1. The van der Waals surface area contributed by atoms with Gasteiger partial charge in [0.15, 0.2) is 5.78 Å². The quantitative estimate of drug-likeness (QED) is 0.368. The largest absolute Gasteiger partial charge is 0.411 e. The molecule has 0 aliphatic rings. The molecule has 0 bridgehead atoms. The first-order chi connectivity index (χ1) is 12.7. The van der Waals surface area contributed by atoms with Crippen molar-refractivity contribution in [1.82, 2.24) is 10.2 Å². The molecule has 0 fully saturated rings. The molecular formula is C20H13FN2O2S. The fourth-order valence-electron chi connectivity index (χ4n) is 2.58. The second kappa shape index (κ2) is 7.09. The monoisotopic (exact) mass is 364 g/mol. The number of carbonyl (C=O) groups is 1. The molecule has 0 saturated carbocycles. The Hall–Kier alpha value is -2.99. The molecule has 4 aromatic rings. The first-order valence-electron chi connectivity index (χ1n) is 7.94. The number of nitrogens with zero attached hydrogens (tertiary/aromatic N) is 2. The van der Waals surface area contributed by atoms with Crippen LogP contribution in [-0.2, 0) is 0 Å². The van der Waals surface area contributed by atoms with E-state index in [1.54, 1.807) is 18.2 Å². The molecule has 128 valence electrons. The molecule has 0 saturated heterocycles. The first kappa shape index (κ1) is 16.5. The highest BCUT2D eigenvalue weighted by atomic mass is 32.2. The van der Waals surface area contributed by atoms with Gasteiger partial charge in [0.25, 0.3) is 11.1 Å². The molecule has 3 aromatic carbocycles. The minimum absolute atomic E-state index is 0.0357. The molecule has 6 heteroatoms. The third kappa shape index (κ3) is 3.36. The van der Waals surface area contributed by atoms with Gasteiger partial charge in [-0.25, -0.2) is 4.39 Å². The van der Waals surface area contributed by atoms with E-state index in [-0.39, 0.29) is 28.2 Å². The molecule has 0 aliphatic carbocycles. The van der Waals surface area contributed by atoms with Gasteiger partial charge >= 0.3 is 0 Å². The van der Waals surface area contributed by atoms with Gasteiger partial charge in [-0.05, 0) is 29.0 Å². The van der Waals surface area contributed by atoms with Crippen molar-refractivity contribution < 1.29 is 13.6 Å². The number of aromatic nitrogens is 2. The predicted octanol–water partition coefficient (Wildman–Crippen LogP) is 5.00. The van der Waals surface area contributed by atoms with Crippen LogP contribution in [0, 0.1) is 5.82 Å². The Morgan fingerprint density at radius 1 is 0.962 bits per heavy atom. The average molecular weight is 364 g/mol. The molecule has 4 nitrogen and oxygen atoms in total. The fourth-order valence-corrected chi connectivity index (χ4v) is 3.24. The van der Waals surface area contributed by atoms with Crippen molar-refractivity contribution in [2.75, 3.05) is 5.75 Å². The minimum Gasteiger partial charge on any atom is -0.411 e. The summed E-state index contributed by atoms with van der Waals surface area (Å²) < 4.78 is 19.2. The highest BCUT2D eigenvalue weighted by Crippen LogP contribution is 2.26. The Kier molecular flexibility index (Phi) is 4.50. The number of hydrogen-bond donors (Lipinski definition) is 0. The van der Waals surface area contributed by atoms with E-state index in [4.69, 9.17) is 4.42 Å². The topological polar surface area (TPSA) is 56.0 Å². The van der Waals surface area contributed by atoms with Gasteiger partial charge in [-0.3, -0.25) is 4.79 Å². The van der Waals surface area contributed by atoms with E-state index < -0.39 is 5.82 Å². The average Bonchev–Trinajstić information content (AvgIpc) is 3.15. The van der Waals surface area contributed by atoms with Crippen molar-refractivity contribution in [2.45, 2.75) is 5.22 Å². The van der Waals surface area contributed by atoms with Gasteiger partial charge in [0.1, 0.15) is 5.82 Å². The molecule has 0 radical (unpaired) electrons. The lowest BCUT2D eigenvalue weighted by molar-refractivity contribution is 0.102. The Morgan fingerprint density at radius 3 is 2.58 bits per heavy atom. The highest BCUT2D eigenvalue weighted by molar-refractivity contribution is 7.99. The van der Waals surface area contributed by atoms with Crippen LogP contribution in [0.25, 0.3) is 22.2 Å². The van der Waals surface area contributed by atoms with E-state index in [0.29, 0.717) is 5.56 Å². The molecule has 0 aliphatic heterocycles. The van der Waals surface area contributed by atoms with Crippen molar-refractivity contribution in [3.8, 4) is 11.5 Å². The molecule has 0 amide bonds. The summed E-state index contributed by atoms with van der Waals surface area (Å²) in [6.45, 7) is 0. The Labute approximate surface area is 153 Å². The maximum atomic E-state index is 13.8. The number of hydrogen-bond acceptors (Lipinski definition) is 5. The van der Waals surface area contributed by atoms with E-state index in [1.807, 2.05) is 42.5 Å². The van der Waals surface area contributed by atoms with Crippen LogP contribution in [0.4, 0.5) is 4.39 Å². The molecule has 0 N–H and O–H groups in total. The molecule has 0 unspecified atom stereocenters. The number of Topliss-reactive ketones (excluding diaryl/α,β-unsaturated/α-hetero) is 1. The van der Waals surface area contributed by atoms with Crippen molar-refractivity contribution in [2.24, 2.45) is 0 Å². The summed E-state index contributed by atoms with van der Waals surface area (Å²) in [5.41, 5.74) is 0.873. The highest BCUT2D eigenvalue weighted by Gasteiger charge is 2.14. The SMILES string of the molecule is O=C(CSc1nnc(-c2ccccc2F)o1)c1ccc2ccccc2c1. The Balaban J connectivity index is 1.47. The lowest BCUT2D eigenvalue weighted by Gasteiger charge is -2.02. The summed E-state index contributed by atoms with van der Waals surface area (Å²) in [4.78, 5) is 12.4. The molecule has 1 aromatic heterocycles. The van der Waals surface area contributed by atoms with E-state index >= 15 is 0 Å². The van der Waals surface area contributed by atoms with Gasteiger partial charge in [0, 0.05) is 5.56 Å². The van der Waals surface area contributed by atoms with Crippen LogP contribution in [0.5, 0.6) is 0 Å². The van der Waals surface area contributed by atoms with Gasteiger partial charge < -0.3 is 4.42 Å². The molecule has 26 heavy (non-hydrogen) atoms. The number of thioether (sulfide) groups is 1. The van der Waals surface area contributed by atoms with Gasteiger partial charge in [-0.1, -0.05) is 60.3 Å². The number of fused-ring (bicyclic) bond motifs is 1. The summed E-state index contributed by atoms with van der Waals surface area (Å²) in [7, 11) is 0. The number of carbonyl (C=O) groups excluding carboxylic acids is 1. The number of benzene rings is 3. The molecule has 4 rings (SSSR count). The van der Waals surface area contributed by atoms with Crippen molar-refractivity contribution in [3.05, 3.63) is 78.1 Å². The second-order valence-electron chi connectivity index (χ2n) is 5.63. The molecule has 0 atom stereocenters. The second-order valence-corrected chi connectivity index (χ2v) is 6.55. The van der Waals surface area contributed by atoms with Gasteiger partial charge in [0.05, 0.1) is 11.3 Å².